The summed E-state index contributed by atoms with van der Waals surface area (Å²) < 4.78 is 0. The second-order valence-electron chi connectivity index (χ2n) is 4.69. The van der Waals surface area contributed by atoms with Crippen LogP contribution in [0.4, 0.5) is 0 Å². The highest BCUT2D eigenvalue weighted by molar-refractivity contribution is 6.30. The first-order valence-electron chi connectivity index (χ1n) is 5.86. The van der Waals surface area contributed by atoms with Crippen LogP contribution in [-0.4, -0.2) is 12.6 Å². The first kappa shape index (κ1) is 9.68. The third-order valence-corrected chi connectivity index (χ3v) is 4.05. The number of fused-ring (bicyclic) bond motifs is 1. The summed E-state index contributed by atoms with van der Waals surface area (Å²) in [4.78, 5) is 0. The quantitative estimate of drug-likeness (QED) is 0.769. The Bertz CT molecular complexity index is 369. The van der Waals surface area contributed by atoms with Gasteiger partial charge in [-0.15, -0.1) is 0 Å². The van der Waals surface area contributed by atoms with Crippen molar-refractivity contribution in [1.29, 1.82) is 0 Å². The van der Waals surface area contributed by atoms with Crippen molar-refractivity contribution in [1.82, 2.24) is 5.32 Å². The van der Waals surface area contributed by atoms with Crippen LogP contribution in [0.1, 0.15) is 36.3 Å². The SMILES string of the molecule is Clc1ccc2c(c1)C(C1CCCN1)CC2. The summed E-state index contributed by atoms with van der Waals surface area (Å²) in [6, 6.07) is 7.09. The van der Waals surface area contributed by atoms with Gasteiger partial charge in [-0.1, -0.05) is 17.7 Å². The van der Waals surface area contributed by atoms with Gasteiger partial charge in [0.15, 0.2) is 0 Å². The maximum Gasteiger partial charge on any atom is 0.0409 e. The monoisotopic (exact) mass is 221 g/mol. The predicted molar refractivity (Wildman–Crippen MR) is 63.5 cm³/mol. The Balaban J connectivity index is 1.92. The molecule has 0 aromatic heterocycles. The van der Waals surface area contributed by atoms with Gasteiger partial charge in [0.05, 0.1) is 0 Å². The minimum absolute atomic E-state index is 0.699. The molecular weight excluding hydrogens is 206 g/mol. The molecule has 15 heavy (non-hydrogen) atoms. The molecule has 0 amide bonds. The molecule has 1 aliphatic carbocycles. The van der Waals surface area contributed by atoms with Gasteiger partial charge in [-0.3, -0.25) is 0 Å². The van der Waals surface area contributed by atoms with Gasteiger partial charge in [0, 0.05) is 11.1 Å². The van der Waals surface area contributed by atoms with Gasteiger partial charge in [-0.05, 0) is 61.4 Å². The molecule has 2 unspecified atom stereocenters. The summed E-state index contributed by atoms with van der Waals surface area (Å²) in [5.74, 6) is 0.709. The Hall–Kier alpha value is -0.530. The van der Waals surface area contributed by atoms with E-state index in [0.29, 0.717) is 12.0 Å². The van der Waals surface area contributed by atoms with Crippen molar-refractivity contribution in [3.8, 4) is 0 Å². The number of hydrogen-bond donors (Lipinski definition) is 1. The van der Waals surface area contributed by atoms with Gasteiger partial charge in [-0.2, -0.15) is 0 Å². The van der Waals surface area contributed by atoms with Gasteiger partial charge in [0.2, 0.25) is 0 Å². The van der Waals surface area contributed by atoms with E-state index < -0.39 is 0 Å². The van der Waals surface area contributed by atoms with Crippen LogP contribution >= 0.6 is 11.6 Å². The predicted octanol–water partition coefficient (Wildman–Crippen LogP) is 3.12. The highest BCUT2D eigenvalue weighted by atomic mass is 35.5. The van der Waals surface area contributed by atoms with Gasteiger partial charge in [0.25, 0.3) is 0 Å². The summed E-state index contributed by atoms with van der Waals surface area (Å²) in [6.07, 6.45) is 5.19. The largest absolute Gasteiger partial charge is 0.313 e. The van der Waals surface area contributed by atoms with E-state index in [1.807, 2.05) is 6.07 Å². The summed E-state index contributed by atoms with van der Waals surface area (Å²) in [5, 5.41) is 4.50. The molecule has 1 saturated heterocycles. The fraction of sp³-hybridized carbons (Fsp3) is 0.538. The zero-order chi connectivity index (χ0) is 10.3. The summed E-state index contributed by atoms with van der Waals surface area (Å²) in [7, 11) is 0. The number of benzene rings is 1. The number of aryl methyl sites for hydroxylation is 1. The van der Waals surface area contributed by atoms with E-state index in [2.05, 4.69) is 17.4 Å². The zero-order valence-electron chi connectivity index (χ0n) is 8.80. The Morgan fingerprint density at radius 2 is 2.20 bits per heavy atom. The molecular formula is C13H16ClN. The van der Waals surface area contributed by atoms with Gasteiger partial charge < -0.3 is 5.32 Å². The van der Waals surface area contributed by atoms with Crippen molar-refractivity contribution < 1.29 is 0 Å². The van der Waals surface area contributed by atoms with Crippen LogP contribution in [0.5, 0.6) is 0 Å². The van der Waals surface area contributed by atoms with Crippen LogP contribution in [0.25, 0.3) is 0 Å². The molecule has 1 fully saturated rings. The molecule has 1 aromatic rings. The van der Waals surface area contributed by atoms with Crippen molar-refractivity contribution in [3.05, 3.63) is 34.3 Å². The molecule has 2 heteroatoms. The number of nitrogens with one attached hydrogen (secondary N) is 1. The first-order valence-corrected chi connectivity index (χ1v) is 6.24. The van der Waals surface area contributed by atoms with Gasteiger partial charge >= 0.3 is 0 Å². The lowest BCUT2D eigenvalue weighted by Crippen LogP contribution is -2.27. The second kappa shape index (κ2) is 3.80. The Morgan fingerprint density at radius 1 is 1.27 bits per heavy atom. The van der Waals surface area contributed by atoms with Crippen molar-refractivity contribution in [3.63, 3.8) is 0 Å². The second-order valence-corrected chi connectivity index (χ2v) is 5.13. The van der Waals surface area contributed by atoms with Crippen LogP contribution < -0.4 is 5.32 Å². The molecule has 3 rings (SSSR count). The minimum Gasteiger partial charge on any atom is -0.313 e. The number of hydrogen-bond acceptors (Lipinski definition) is 1. The van der Waals surface area contributed by atoms with Crippen LogP contribution in [0.15, 0.2) is 18.2 Å². The lowest BCUT2D eigenvalue weighted by atomic mass is 9.92. The molecule has 2 atom stereocenters. The van der Waals surface area contributed by atoms with Crippen LogP contribution in [0.3, 0.4) is 0 Å². The third kappa shape index (κ3) is 1.68. The van der Waals surface area contributed by atoms with Crippen molar-refractivity contribution >= 4 is 11.6 Å². The molecule has 0 spiro atoms. The maximum absolute atomic E-state index is 6.07. The lowest BCUT2D eigenvalue weighted by Gasteiger charge is -2.19. The molecule has 0 saturated carbocycles. The average Bonchev–Trinajstić information content (AvgIpc) is 2.83. The van der Waals surface area contributed by atoms with Crippen molar-refractivity contribution in [2.24, 2.45) is 0 Å². The average molecular weight is 222 g/mol. The van der Waals surface area contributed by atoms with E-state index in [0.717, 1.165) is 5.02 Å². The van der Waals surface area contributed by atoms with Crippen LogP contribution in [0, 0.1) is 0 Å². The van der Waals surface area contributed by atoms with Crippen molar-refractivity contribution in [2.75, 3.05) is 6.54 Å². The first-order chi connectivity index (χ1) is 7.34. The van der Waals surface area contributed by atoms with Crippen LogP contribution in [-0.2, 0) is 6.42 Å². The van der Waals surface area contributed by atoms with E-state index in [1.54, 1.807) is 0 Å². The molecule has 2 aliphatic rings. The highest BCUT2D eigenvalue weighted by Crippen LogP contribution is 2.39. The molecule has 1 aliphatic heterocycles. The smallest absolute Gasteiger partial charge is 0.0409 e. The van der Waals surface area contributed by atoms with E-state index in [4.69, 9.17) is 11.6 Å². The number of halogens is 1. The zero-order valence-corrected chi connectivity index (χ0v) is 9.56. The third-order valence-electron chi connectivity index (χ3n) is 3.82. The summed E-state index contributed by atoms with van der Waals surface area (Å²) in [5.41, 5.74) is 3.01. The molecule has 80 valence electrons. The molecule has 0 radical (unpaired) electrons. The Labute approximate surface area is 95.8 Å². The lowest BCUT2D eigenvalue weighted by molar-refractivity contribution is 0.486. The van der Waals surface area contributed by atoms with E-state index in [-0.39, 0.29) is 0 Å². The molecule has 1 N–H and O–H groups in total. The normalized spacial score (nSPS) is 29.4. The van der Waals surface area contributed by atoms with E-state index in [9.17, 15) is 0 Å². The van der Waals surface area contributed by atoms with Gasteiger partial charge in [-0.25, -0.2) is 0 Å². The highest BCUT2D eigenvalue weighted by Gasteiger charge is 2.31. The van der Waals surface area contributed by atoms with Crippen molar-refractivity contribution in [2.45, 2.75) is 37.6 Å². The molecule has 1 nitrogen and oxygen atoms in total. The van der Waals surface area contributed by atoms with E-state index >= 15 is 0 Å². The summed E-state index contributed by atoms with van der Waals surface area (Å²) >= 11 is 6.07. The number of rotatable bonds is 1. The molecule has 0 bridgehead atoms. The Morgan fingerprint density at radius 3 is 3.00 bits per heavy atom. The maximum atomic E-state index is 6.07. The van der Waals surface area contributed by atoms with Crippen LogP contribution in [0.2, 0.25) is 5.02 Å². The molecule has 1 heterocycles. The summed E-state index contributed by atoms with van der Waals surface area (Å²) in [6.45, 7) is 1.19. The minimum atomic E-state index is 0.699. The molecule has 1 aromatic carbocycles. The fourth-order valence-electron chi connectivity index (χ4n) is 3.08. The standard InChI is InChI=1S/C13H16ClN/c14-10-5-3-9-4-6-11(12(9)8-10)13-2-1-7-15-13/h3,5,8,11,13,15H,1-2,4,6-7H2. The van der Waals surface area contributed by atoms with E-state index in [1.165, 1.54) is 43.4 Å². The van der Waals surface area contributed by atoms with Gasteiger partial charge in [0.1, 0.15) is 0 Å². The Kier molecular flexibility index (Phi) is 2.45. The fourth-order valence-corrected chi connectivity index (χ4v) is 3.26. The topological polar surface area (TPSA) is 12.0 Å².